The number of nitrogens with zero attached hydrogens (tertiary/aromatic N) is 1. The predicted octanol–water partition coefficient (Wildman–Crippen LogP) is 2.05. The maximum atomic E-state index is 5.48. The van der Waals surface area contributed by atoms with Crippen molar-refractivity contribution in [3.63, 3.8) is 0 Å². The van der Waals surface area contributed by atoms with Gasteiger partial charge in [-0.15, -0.1) is 0 Å². The van der Waals surface area contributed by atoms with Crippen LogP contribution in [0.25, 0.3) is 11.0 Å². The Morgan fingerprint density at radius 3 is 2.84 bits per heavy atom. The molecule has 0 aromatic carbocycles. The number of pyridine rings is 1. The molecule has 2 rings (SSSR count). The Kier molecular flexibility index (Phi) is 5.32. The van der Waals surface area contributed by atoms with Crippen molar-refractivity contribution < 1.29 is 9.47 Å². The molecule has 0 radical (unpaired) electrons. The van der Waals surface area contributed by atoms with Crippen molar-refractivity contribution in [2.24, 2.45) is 0 Å². The summed E-state index contributed by atoms with van der Waals surface area (Å²) in [5.74, 6) is 0. The lowest BCUT2D eigenvalue weighted by molar-refractivity contribution is -0.133. The van der Waals surface area contributed by atoms with E-state index in [0.29, 0.717) is 19.8 Å². The van der Waals surface area contributed by atoms with Crippen molar-refractivity contribution in [3.8, 4) is 0 Å². The van der Waals surface area contributed by atoms with Crippen LogP contribution in [0, 0.1) is 0 Å². The minimum absolute atomic E-state index is 0.182. The molecule has 0 aliphatic heterocycles. The third-order valence-corrected chi connectivity index (χ3v) is 2.87. The molecule has 19 heavy (non-hydrogen) atoms. The normalized spacial score (nSPS) is 11.5. The Hall–Kier alpha value is -1.43. The monoisotopic (exact) mass is 263 g/mol. The molecular weight excluding hydrogens is 242 g/mol. The molecule has 5 heteroatoms. The van der Waals surface area contributed by atoms with Crippen LogP contribution >= 0.6 is 0 Å². The number of hydrogen-bond acceptors (Lipinski definition) is 4. The number of fused-ring (bicyclic) bond motifs is 1. The smallest absolute Gasteiger partial charge is 0.169 e. The Bertz CT molecular complexity index is 492. The van der Waals surface area contributed by atoms with Crippen molar-refractivity contribution in [1.29, 1.82) is 0 Å². The van der Waals surface area contributed by atoms with E-state index >= 15 is 0 Å². The summed E-state index contributed by atoms with van der Waals surface area (Å²) in [7, 11) is 0. The second kappa shape index (κ2) is 7.23. The summed E-state index contributed by atoms with van der Waals surface area (Å²) >= 11 is 0. The number of nitrogens with one attached hydrogen (secondary N) is 2. The first-order valence-corrected chi connectivity index (χ1v) is 6.70. The highest BCUT2D eigenvalue weighted by molar-refractivity contribution is 5.79. The molecule has 0 amide bonds. The van der Waals surface area contributed by atoms with Crippen molar-refractivity contribution in [3.05, 3.63) is 30.1 Å². The van der Waals surface area contributed by atoms with Crippen LogP contribution in [0.5, 0.6) is 0 Å². The van der Waals surface area contributed by atoms with E-state index in [9.17, 15) is 0 Å². The number of rotatable bonds is 8. The quantitative estimate of drug-likeness (QED) is 0.716. The Morgan fingerprint density at radius 2 is 2.11 bits per heavy atom. The second-order valence-electron chi connectivity index (χ2n) is 4.18. The first-order chi connectivity index (χ1) is 9.35. The lowest BCUT2D eigenvalue weighted by Gasteiger charge is -2.17. The van der Waals surface area contributed by atoms with Gasteiger partial charge in [-0.3, -0.25) is 0 Å². The Labute approximate surface area is 113 Å². The van der Waals surface area contributed by atoms with Gasteiger partial charge in [0.05, 0.1) is 0 Å². The van der Waals surface area contributed by atoms with E-state index in [-0.39, 0.29) is 6.29 Å². The first-order valence-electron chi connectivity index (χ1n) is 6.70. The second-order valence-corrected chi connectivity index (χ2v) is 4.18. The fourth-order valence-electron chi connectivity index (χ4n) is 2.02. The summed E-state index contributed by atoms with van der Waals surface area (Å²) < 4.78 is 11.0. The van der Waals surface area contributed by atoms with Crippen LogP contribution < -0.4 is 5.32 Å². The highest BCUT2D eigenvalue weighted by Gasteiger charge is 2.08. The van der Waals surface area contributed by atoms with Gasteiger partial charge in [0, 0.05) is 44.1 Å². The summed E-state index contributed by atoms with van der Waals surface area (Å²) in [6.07, 6.45) is 3.59. The van der Waals surface area contributed by atoms with Crippen LogP contribution in [0.1, 0.15) is 19.4 Å². The van der Waals surface area contributed by atoms with Crippen LogP contribution in [0.15, 0.2) is 24.5 Å². The maximum Gasteiger partial charge on any atom is 0.169 e. The van der Waals surface area contributed by atoms with Crippen LogP contribution in [0.4, 0.5) is 0 Å². The lowest BCUT2D eigenvalue weighted by atomic mass is 10.2. The summed E-state index contributed by atoms with van der Waals surface area (Å²) in [5.41, 5.74) is 2.13. The van der Waals surface area contributed by atoms with Gasteiger partial charge in [-0.05, 0) is 31.5 Å². The topological polar surface area (TPSA) is 59.2 Å². The van der Waals surface area contributed by atoms with Crippen molar-refractivity contribution >= 4 is 11.0 Å². The zero-order valence-corrected chi connectivity index (χ0v) is 11.5. The molecule has 2 heterocycles. The van der Waals surface area contributed by atoms with E-state index in [1.807, 2.05) is 26.1 Å². The Balaban J connectivity index is 1.88. The zero-order valence-electron chi connectivity index (χ0n) is 11.5. The van der Waals surface area contributed by atoms with Gasteiger partial charge in [0.1, 0.15) is 5.65 Å². The fourth-order valence-corrected chi connectivity index (χ4v) is 2.02. The highest BCUT2D eigenvalue weighted by atomic mass is 16.7. The molecule has 2 aromatic rings. The summed E-state index contributed by atoms with van der Waals surface area (Å²) in [4.78, 5) is 7.43. The third-order valence-electron chi connectivity index (χ3n) is 2.87. The molecule has 0 unspecified atom stereocenters. The van der Waals surface area contributed by atoms with Gasteiger partial charge in [0.15, 0.2) is 6.29 Å². The minimum Gasteiger partial charge on any atom is -0.352 e. The molecular formula is C14H21N3O2. The molecule has 0 aliphatic carbocycles. The standard InChI is InChI=1S/C14H21N3O2/c1-3-18-13(19-4-2)10-15-8-11-9-17-14-12(11)6-5-7-16-14/h5-7,9,13,15H,3-4,8,10H2,1-2H3,(H,16,17). The number of hydrogen-bond donors (Lipinski definition) is 2. The summed E-state index contributed by atoms with van der Waals surface area (Å²) in [6.45, 7) is 6.69. The van der Waals surface area contributed by atoms with Gasteiger partial charge in [-0.2, -0.15) is 0 Å². The Morgan fingerprint density at radius 1 is 1.32 bits per heavy atom. The molecule has 0 atom stereocenters. The van der Waals surface area contributed by atoms with Crippen LogP contribution in [-0.2, 0) is 16.0 Å². The first kappa shape index (κ1) is 14.0. The third kappa shape index (κ3) is 3.76. The van der Waals surface area contributed by atoms with Crippen molar-refractivity contribution in [2.45, 2.75) is 26.7 Å². The van der Waals surface area contributed by atoms with Gasteiger partial charge in [0.25, 0.3) is 0 Å². The average molecular weight is 263 g/mol. The predicted molar refractivity (Wildman–Crippen MR) is 74.8 cm³/mol. The molecule has 0 aliphatic rings. The van der Waals surface area contributed by atoms with E-state index in [1.54, 1.807) is 6.20 Å². The molecule has 0 spiro atoms. The molecule has 0 saturated carbocycles. The van der Waals surface area contributed by atoms with Gasteiger partial charge in [-0.25, -0.2) is 4.98 Å². The SMILES string of the molecule is CCOC(CNCc1c[nH]c2ncccc12)OCC. The maximum absolute atomic E-state index is 5.48. The zero-order chi connectivity index (χ0) is 13.5. The van der Waals surface area contributed by atoms with E-state index < -0.39 is 0 Å². The average Bonchev–Trinajstić information content (AvgIpc) is 2.83. The van der Waals surface area contributed by atoms with Gasteiger partial charge in [0.2, 0.25) is 0 Å². The van der Waals surface area contributed by atoms with Crippen molar-refractivity contribution in [1.82, 2.24) is 15.3 Å². The molecule has 0 saturated heterocycles. The van der Waals surface area contributed by atoms with Gasteiger partial charge < -0.3 is 19.8 Å². The lowest BCUT2D eigenvalue weighted by Crippen LogP contribution is -2.31. The van der Waals surface area contributed by atoms with Gasteiger partial charge >= 0.3 is 0 Å². The molecule has 2 N–H and O–H groups in total. The minimum atomic E-state index is -0.182. The van der Waals surface area contributed by atoms with Crippen LogP contribution in [-0.4, -0.2) is 36.0 Å². The fraction of sp³-hybridized carbons (Fsp3) is 0.500. The largest absolute Gasteiger partial charge is 0.352 e. The number of aromatic nitrogens is 2. The summed E-state index contributed by atoms with van der Waals surface area (Å²) in [6, 6.07) is 4.02. The van der Waals surface area contributed by atoms with E-state index in [2.05, 4.69) is 21.4 Å². The molecule has 0 fully saturated rings. The van der Waals surface area contributed by atoms with E-state index in [4.69, 9.17) is 9.47 Å². The van der Waals surface area contributed by atoms with Gasteiger partial charge in [-0.1, -0.05) is 0 Å². The van der Waals surface area contributed by atoms with Crippen LogP contribution in [0.2, 0.25) is 0 Å². The highest BCUT2D eigenvalue weighted by Crippen LogP contribution is 2.15. The number of aromatic amines is 1. The molecule has 104 valence electrons. The summed E-state index contributed by atoms with van der Waals surface area (Å²) in [5, 5.41) is 4.50. The molecule has 0 bridgehead atoms. The van der Waals surface area contributed by atoms with Crippen molar-refractivity contribution in [2.75, 3.05) is 19.8 Å². The number of H-pyrrole nitrogens is 1. The van der Waals surface area contributed by atoms with E-state index in [0.717, 1.165) is 17.6 Å². The molecule has 5 nitrogen and oxygen atoms in total. The van der Waals surface area contributed by atoms with Crippen LogP contribution in [0.3, 0.4) is 0 Å². The number of ether oxygens (including phenoxy) is 2. The molecule has 2 aromatic heterocycles. The van der Waals surface area contributed by atoms with E-state index in [1.165, 1.54) is 5.56 Å².